The van der Waals surface area contributed by atoms with Crippen LogP contribution in [0, 0.1) is 5.92 Å². The van der Waals surface area contributed by atoms with Crippen molar-refractivity contribution in [1.82, 2.24) is 9.80 Å². The van der Waals surface area contributed by atoms with E-state index in [1.165, 1.54) is 6.08 Å². The summed E-state index contributed by atoms with van der Waals surface area (Å²) in [6.07, 6.45) is 3.67. The lowest BCUT2D eigenvalue weighted by atomic mass is 9.99. The lowest BCUT2D eigenvalue weighted by Gasteiger charge is -2.32. The average Bonchev–Trinajstić information content (AvgIpc) is 2.88. The predicted molar refractivity (Wildman–Crippen MR) is 105 cm³/mol. The number of carbonyl (C=O) groups is 4. The third-order valence-electron chi connectivity index (χ3n) is 5.05. The van der Waals surface area contributed by atoms with Crippen molar-refractivity contribution in [2.24, 2.45) is 5.92 Å². The molecule has 2 fully saturated rings. The maximum absolute atomic E-state index is 12.2. The molecule has 2 aliphatic rings. The molecular formula is C20H24N4O4. The number of carbonyl (C=O) groups excluding carboxylic acids is 4. The van der Waals surface area contributed by atoms with Gasteiger partial charge in [0, 0.05) is 31.0 Å². The van der Waals surface area contributed by atoms with E-state index in [9.17, 15) is 19.2 Å². The van der Waals surface area contributed by atoms with Crippen LogP contribution in [0.2, 0.25) is 0 Å². The Balaban J connectivity index is 1.58. The number of nitrogens with zero attached hydrogens (tertiary/aromatic N) is 3. The van der Waals surface area contributed by atoms with E-state index in [2.05, 4.69) is 23.7 Å². The van der Waals surface area contributed by atoms with Gasteiger partial charge < -0.3 is 10.2 Å². The van der Waals surface area contributed by atoms with E-state index in [0.29, 0.717) is 10.6 Å². The summed E-state index contributed by atoms with van der Waals surface area (Å²) in [6.45, 7) is 7.15. The molecule has 1 N–H and O–H groups in total. The molecule has 2 aliphatic heterocycles. The molecule has 8 nitrogen and oxygen atoms in total. The molecule has 1 aromatic rings. The Kier molecular flexibility index (Phi) is 5.77. The molecule has 28 heavy (non-hydrogen) atoms. The molecule has 0 aromatic heterocycles. The lowest BCUT2D eigenvalue weighted by molar-refractivity contribution is -0.143. The normalized spacial score (nSPS) is 18.0. The summed E-state index contributed by atoms with van der Waals surface area (Å²) in [5.41, 5.74) is 1.66. The molecule has 3 rings (SSSR count). The highest BCUT2D eigenvalue weighted by Gasteiger charge is 2.44. The summed E-state index contributed by atoms with van der Waals surface area (Å²) in [5, 5.41) is 2.66. The molecule has 0 unspecified atom stereocenters. The average molecular weight is 384 g/mol. The first-order chi connectivity index (χ1) is 13.4. The van der Waals surface area contributed by atoms with Crippen LogP contribution in [-0.4, -0.2) is 59.7 Å². The minimum Gasteiger partial charge on any atom is -0.372 e. The third kappa shape index (κ3) is 4.05. The van der Waals surface area contributed by atoms with E-state index >= 15 is 0 Å². The number of urea groups is 1. The Labute approximate surface area is 163 Å². The molecule has 2 saturated heterocycles. The van der Waals surface area contributed by atoms with Crippen LogP contribution in [0.25, 0.3) is 0 Å². The molecule has 0 atom stereocenters. The summed E-state index contributed by atoms with van der Waals surface area (Å²) in [4.78, 5) is 51.8. The van der Waals surface area contributed by atoms with E-state index in [0.717, 1.165) is 42.4 Å². The zero-order valence-corrected chi connectivity index (χ0v) is 15.9. The van der Waals surface area contributed by atoms with Crippen LogP contribution in [0.5, 0.6) is 0 Å². The van der Waals surface area contributed by atoms with Crippen LogP contribution in [0.1, 0.15) is 19.8 Å². The molecule has 0 bridgehead atoms. The molecule has 0 spiro atoms. The number of benzene rings is 1. The van der Waals surface area contributed by atoms with Gasteiger partial charge in [0.25, 0.3) is 0 Å². The molecule has 0 radical (unpaired) electrons. The van der Waals surface area contributed by atoms with Crippen LogP contribution in [0.4, 0.5) is 16.2 Å². The van der Waals surface area contributed by atoms with Crippen molar-refractivity contribution in [3.05, 3.63) is 36.9 Å². The van der Waals surface area contributed by atoms with E-state index in [1.54, 1.807) is 12.1 Å². The van der Waals surface area contributed by atoms with Gasteiger partial charge in [0.1, 0.15) is 6.54 Å². The second-order valence-electron chi connectivity index (χ2n) is 7.14. The summed E-state index contributed by atoms with van der Waals surface area (Å²) in [6, 6.07) is 6.64. The Bertz CT molecular complexity index is 797. The van der Waals surface area contributed by atoms with Crippen molar-refractivity contribution in [1.29, 1.82) is 0 Å². The molecule has 148 valence electrons. The van der Waals surface area contributed by atoms with Crippen molar-refractivity contribution < 1.29 is 19.2 Å². The molecule has 1 aromatic carbocycles. The van der Waals surface area contributed by atoms with Crippen LogP contribution in [0.3, 0.4) is 0 Å². The Morgan fingerprint density at radius 1 is 1.11 bits per heavy atom. The SMILES string of the molecule is C=CCN1C(=O)C(=O)N(CC(=O)Nc2ccc(N3CCC(C)CC3)cc2)C1=O. The number of nitrogens with one attached hydrogen (secondary N) is 1. The number of rotatable bonds is 6. The monoisotopic (exact) mass is 384 g/mol. The largest absolute Gasteiger partial charge is 0.372 e. The first-order valence-electron chi connectivity index (χ1n) is 9.33. The third-order valence-corrected chi connectivity index (χ3v) is 5.05. The highest BCUT2D eigenvalue weighted by molar-refractivity contribution is 6.45. The summed E-state index contributed by atoms with van der Waals surface area (Å²) in [7, 11) is 0. The Morgan fingerprint density at radius 2 is 1.71 bits per heavy atom. The van der Waals surface area contributed by atoms with Crippen LogP contribution < -0.4 is 10.2 Å². The zero-order chi connectivity index (χ0) is 20.3. The molecule has 2 heterocycles. The van der Waals surface area contributed by atoms with Crippen molar-refractivity contribution in [2.45, 2.75) is 19.8 Å². The molecule has 0 aliphatic carbocycles. The number of hydrogen-bond acceptors (Lipinski definition) is 5. The lowest BCUT2D eigenvalue weighted by Crippen LogP contribution is -2.39. The van der Waals surface area contributed by atoms with Gasteiger partial charge >= 0.3 is 17.8 Å². The van der Waals surface area contributed by atoms with Crippen LogP contribution in [0.15, 0.2) is 36.9 Å². The molecule has 0 saturated carbocycles. The van der Waals surface area contributed by atoms with Gasteiger partial charge in [0.2, 0.25) is 5.91 Å². The zero-order valence-electron chi connectivity index (χ0n) is 15.9. The number of amides is 5. The fraction of sp³-hybridized carbons (Fsp3) is 0.400. The van der Waals surface area contributed by atoms with Gasteiger partial charge in [-0.3, -0.25) is 19.3 Å². The van der Waals surface area contributed by atoms with Gasteiger partial charge in [-0.15, -0.1) is 6.58 Å². The minimum absolute atomic E-state index is 0.0712. The van der Waals surface area contributed by atoms with Crippen LogP contribution >= 0.6 is 0 Å². The maximum atomic E-state index is 12.2. The number of piperidine rings is 1. The number of hydrogen-bond donors (Lipinski definition) is 1. The van der Waals surface area contributed by atoms with Gasteiger partial charge in [-0.05, 0) is 43.0 Å². The Hall–Kier alpha value is -3.16. The summed E-state index contributed by atoms with van der Waals surface area (Å²) in [5.74, 6) is -1.75. The summed E-state index contributed by atoms with van der Waals surface area (Å²) >= 11 is 0. The highest BCUT2D eigenvalue weighted by Crippen LogP contribution is 2.24. The van der Waals surface area contributed by atoms with Gasteiger partial charge in [0.15, 0.2) is 0 Å². The van der Waals surface area contributed by atoms with Gasteiger partial charge in [-0.25, -0.2) is 9.69 Å². The van der Waals surface area contributed by atoms with Crippen molar-refractivity contribution in [2.75, 3.05) is 36.4 Å². The van der Waals surface area contributed by atoms with Gasteiger partial charge in [-0.1, -0.05) is 13.0 Å². The van der Waals surface area contributed by atoms with E-state index in [4.69, 9.17) is 0 Å². The Morgan fingerprint density at radius 3 is 2.32 bits per heavy atom. The standard InChI is InChI=1S/C20H24N4O4/c1-3-10-23-18(26)19(27)24(20(23)28)13-17(25)21-15-4-6-16(7-5-15)22-11-8-14(2)9-12-22/h3-7,14H,1,8-13H2,2H3,(H,21,25). The van der Waals surface area contributed by atoms with Gasteiger partial charge in [0.05, 0.1) is 0 Å². The van der Waals surface area contributed by atoms with E-state index in [-0.39, 0.29) is 6.54 Å². The quantitative estimate of drug-likeness (QED) is 0.459. The number of anilines is 2. The first-order valence-corrected chi connectivity index (χ1v) is 9.33. The highest BCUT2D eigenvalue weighted by atomic mass is 16.2. The second kappa shape index (κ2) is 8.24. The fourth-order valence-corrected chi connectivity index (χ4v) is 3.35. The van der Waals surface area contributed by atoms with E-state index < -0.39 is 30.3 Å². The van der Waals surface area contributed by atoms with E-state index in [1.807, 2.05) is 12.1 Å². The van der Waals surface area contributed by atoms with Crippen LogP contribution in [-0.2, 0) is 14.4 Å². The number of imide groups is 2. The molecule has 8 heteroatoms. The molecular weight excluding hydrogens is 360 g/mol. The van der Waals surface area contributed by atoms with Crippen molar-refractivity contribution >= 4 is 35.1 Å². The van der Waals surface area contributed by atoms with Crippen molar-refractivity contribution in [3.63, 3.8) is 0 Å². The second-order valence-corrected chi connectivity index (χ2v) is 7.14. The summed E-state index contributed by atoms with van der Waals surface area (Å²) < 4.78 is 0. The topological polar surface area (TPSA) is 90.0 Å². The predicted octanol–water partition coefficient (Wildman–Crippen LogP) is 1.84. The van der Waals surface area contributed by atoms with Crippen molar-refractivity contribution in [3.8, 4) is 0 Å². The molecule has 5 amide bonds. The fourth-order valence-electron chi connectivity index (χ4n) is 3.35. The smallest absolute Gasteiger partial charge is 0.335 e. The first kappa shape index (κ1) is 19.6. The minimum atomic E-state index is -1.00. The van der Waals surface area contributed by atoms with Gasteiger partial charge in [-0.2, -0.15) is 0 Å². The maximum Gasteiger partial charge on any atom is 0.335 e.